The second-order valence-electron chi connectivity index (χ2n) is 6.35. The zero-order chi connectivity index (χ0) is 21.3. The number of carbonyl (C=O) groups is 1. The molecule has 2 N–H and O–H groups in total. The fourth-order valence-corrected chi connectivity index (χ4v) is 2.84. The van der Waals surface area contributed by atoms with Crippen LogP contribution >= 0.6 is 0 Å². The summed E-state index contributed by atoms with van der Waals surface area (Å²) in [7, 11) is 0. The Kier molecular flexibility index (Phi) is 6.54. The number of hydrogen-bond acceptors (Lipinski definition) is 5. The summed E-state index contributed by atoms with van der Waals surface area (Å²) in [5.41, 5.74) is 2.13. The Morgan fingerprint density at radius 3 is 1.93 bits per heavy atom. The third kappa shape index (κ3) is 5.09. The third-order valence-corrected chi connectivity index (χ3v) is 4.37. The van der Waals surface area contributed by atoms with Crippen molar-refractivity contribution >= 4 is 17.3 Å². The van der Waals surface area contributed by atoms with E-state index < -0.39 is 16.9 Å². The summed E-state index contributed by atoms with van der Waals surface area (Å²) in [6, 6.07) is 26.1. The van der Waals surface area contributed by atoms with E-state index in [2.05, 4.69) is 10.6 Å². The van der Waals surface area contributed by atoms with E-state index in [-0.39, 0.29) is 11.3 Å². The highest BCUT2D eigenvalue weighted by Gasteiger charge is 2.19. The smallest absolute Gasteiger partial charge is 0.269 e. The van der Waals surface area contributed by atoms with Crippen molar-refractivity contribution in [3.63, 3.8) is 0 Å². The molecule has 0 aliphatic heterocycles. The Hall–Kier alpha value is -4.44. The molecule has 0 spiro atoms. The van der Waals surface area contributed by atoms with Crippen LogP contribution in [0.3, 0.4) is 0 Å². The quantitative estimate of drug-likeness (QED) is 0.267. The molecule has 0 aromatic heterocycles. The van der Waals surface area contributed by atoms with Crippen molar-refractivity contribution in [2.45, 2.75) is 6.04 Å². The van der Waals surface area contributed by atoms with Gasteiger partial charge in [0.1, 0.15) is 11.6 Å². The molecule has 3 aromatic carbocycles. The molecular weight excluding hydrogens is 380 g/mol. The maximum absolute atomic E-state index is 12.8. The van der Waals surface area contributed by atoms with Gasteiger partial charge in [-0.15, -0.1) is 0 Å². The van der Waals surface area contributed by atoms with Crippen LogP contribution in [-0.2, 0) is 4.79 Å². The van der Waals surface area contributed by atoms with Crippen LogP contribution in [0.2, 0.25) is 0 Å². The second-order valence-corrected chi connectivity index (χ2v) is 6.35. The monoisotopic (exact) mass is 398 g/mol. The van der Waals surface area contributed by atoms with Gasteiger partial charge in [-0.1, -0.05) is 60.7 Å². The summed E-state index contributed by atoms with van der Waals surface area (Å²) in [5.74, 6) is -0.537. The van der Waals surface area contributed by atoms with Gasteiger partial charge in [0.15, 0.2) is 0 Å². The van der Waals surface area contributed by atoms with Crippen molar-refractivity contribution in [2.24, 2.45) is 0 Å². The van der Waals surface area contributed by atoms with Crippen LogP contribution in [0, 0.1) is 21.4 Å². The molecule has 3 rings (SSSR count). The molecule has 0 saturated carbocycles. The minimum absolute atomic E-state index is 0.0451. The lowest BCUT2D eigenvalue weighted by atomic mass is 9.98. The summed E-state index contributed by atoms with van der Waals surface area (Å²) in [6.45, 7) is 0. The largest absolute Gasteiger partial charge is 0.360 e. The molecule has 0 bridgehead atoms. The number of nitriles is 1. The standard InChI is InChI=1S/C23H18N4O3/c24-15-19(16-25-20-11-13-21(14-12-20)27(29)30)23(28)26-22(17-7-3-1-4-8-17)18-9-5-2-6-10-18/h1-14,16,22,25H,(H,26,28)/b19-16-. The zero-order valence-corrected chi connectivity index (χ0v) is 15.9. The number of non-ortho nitro benzene ring substituents is 1. The molecule has 30 heavy (non-hydrogen) atoms. The Bertz CT molecular complexity index is 1050. The summed E-state index contributed by atoms with van der Waals surface area (Å²) in [6.07, 6.45) is 1.28. The predicted molar refractivity (Wildman–Crippen MR) is 113 cm³/mol. The Balaban J connectivity index is 1.79. The SMILES string of the molecule is N#C/C(=C/Nc1ccc([N+](=O)[O-])cc1)C(=O)NC(c1ccccc1)c1ccccc1. The van der Waals surface area contributed by atoms with E-state index in [0.717, 1.165) is 11.1 Å². The van der Waals surface area contributed by atoms with Gasteiger partial charge in [-0.3, -0.25) is 14.9 Å². The number of hydrogen-bond donors (Lipinski definition) is 2. The molecule has 0 aliphatic carbocycles. The van der Waals surface area contributed by atoms with E-state index in [9.17, 15) is 20.2 Å². The number of nitro groups is 1. The van der Waals surface area contributed by atoms with E-state index in [1.54, 1.807) is 0 Å². The molecule has 148 valence electrons. The van der Waals surface area contributed by atoms with Gasteiger partial charge in [0.2, 0.25) is 0 Å². The molecule has 0 heterocycles. The first kappa shape index (κ1) is 20.3. The fraction of sp³-hybridized carbons (Fsp3) is 0.0435. The number of amides is 1. The summed E-state index contributed by atoms with van der Waals surface area (Å²) in [5, 5.41) is 25.9. The highest BCUT2D eigenvalue weighted by Crippen LogP contribution is 2.22. The Morgan fingerprint density at radius 2 is 1.47 bits per heavy atom. The molecule has 0 atom stereocenters. The maximum atomic E-state index is 12.8. The highest BCUT2D eigenvalue weighted by atomic mass is 16.6. The lowest BCUT2D eigenvalue weighted by Crippen LogP contribution is -2.30. The number of nitrogens with one attached hydrogen (secondary N) is 2. The average Bonchev–Trinajstić information content (AvgIpc) is 2.79. The molecule has 0 radical (unpaired) electrons. The minimum atomic E-state index is -0.537. The van der Waals surface area contributed by atoms with Crippen LogP contribution in [0.1, 0.15) is 17.2 Å². The van der Waals surface area contributed by atoms with Gasteiger partial charge in [0.25, 0.3) is 11.6 Å². The third-order valence-electron chi connectivity index (χ3n) is 4.37. The van der Waals surface area contributed by atoms with Crippen LogP contribution in [0.5, 0.6) is 0 Å². The van der Waals surface area contributed by atoms with Crippen LogP contribution in [0.25, 0.3) is 0 Å². The molecule has 0 saturated heterocycles. The molecular formula is C23H18N4O3. The summed E-state index contributed by atoms with van der Waals surface area (Å²) >= 11 is 0. The number of nitrogens with zero attached hydrogens (tertiary/aromatic N) is 2. The predicted octanol–water partition coefficient (Wildman–Crippen LogP) is 4.32. The van der Waals surface area contributed by atoms with Crippen molar-refractivity contribution in [1.82, 2.24) is 5.32 Å². The number of nitro benzene ring substituents is 1. The summed E-state index contributed by atoms with van der Waals surface area (Å²) < 4.78 is 0. The first-order valence-electron chi connectivity index (χ1n) is 9.10. The van der Waals surface area contributed by atoms with Crippen molar-refractivity contribution < 1.29 is 9.72 Å². The Labute approximate surface area is 173 Å². The van der Waals surface area contributed by atoms with E-state index in [1.807, 2.05) is 66.7 Å². The van der Waals surface area contributed by atoms with Crippen molar-refractivity contribution in [1.29, 1.82) is 5.26 Å². The molecule has 3 aromatic rings. The minimum Gasteiger partial charge on any atom is -0.360 e. The van der Waals surface area contributed by atoms with Gasteiger partial charge in [0, 0.05) is 24.0 Å². The van der Waals surface area contributed by atoms with Gasteiger partial charge >= 0.3 is 0 Å². The van der Waals surface area contributed by atoms with E-state index in [4.69, 9.17) is 0 Å². The number of rotatable bonds is 7. The lowest BCUT2D eigenvalue weighted by molar-refractivity contribution is -0.384. The first-order valence-corrected chi connectivity index (χ1v) is 9.10. The van der Waals surface area contributed by atoms with Gasteiger partial charge < -0.3 is 10.6 Å². The Morgan fingerprint density at radius 1 is 0.933 bits per heavy atom. The topological polar surface area (TPSA) is 108 Å². The van der Waals surface area contributed by atoms with Crippen molar-refractivity contribution in [2.75, 3.05) is 5.32 Å². The van der Waals surface area contributed by atoms with Crippen LogP contribution < -0.4 is 10.6 Å². The van der Waals surface area contributed by atoms with Crippen LogP contribution in [0.4, 0.5) is 11.4 Å². The average molecular weight is 398 g/mol. The fourth-order valence-electron chi connectivity index (χ4n) is 2.84. The molecule has 0 unspecified atom stereocenters. The van der Waals surface area contributed by atoms with Crippen LogP contribution in [0.15, 0.2) is 96.7 Å². The molecule has 0 aliphatic rings. The lowest BCUT2D eigenvalue weighted by Gasteiger charge is -2.19. The van der Waals surface area contributed by atoms with Crippen molar-refractivity contribution in [3.05, 3.63) is 118 Å². The van der Waals surface area contributed by atoms with E-state index in [0.29, 0.717) is 5.69 Å². The van der Waals surface area contributed by atoms with Gasteiger partial charge in [-0.05, 0) is 23.3 Å². The molecule has 7 heteroatoms. The van der Waals surface area contributed by atoms with Crippen molar-refractivity contribution in [3.8, 4) is 6.07 Å². The van der Waals surface area contributed by atoms with Gasteiger partial charge in [0.05, 0.1) is 11.0 Å². The maximum Gasteiger partial charge on any atom is 0.269 e. The highest BCUT2D eigenvalue weighted by molar-refractivity contribution is 5.98. The molecule has 7 nitrogen and oxygen atoms in total. The normalized spacial score (nSPS) is 10.9. The number of anilines is 1. The number of benzene rings is 3. The van der Waals surface area contributed by atoms with E-state index in [1.165, 1.54) is 30.5 Å². The van der Waals surface area contributed by atoms with E-state index >= 15 is 0 Å². The number of carbonyl (C=O) groups excluding carboxylic acids is 1. The first-order chi connectivity index (χ1) is 14.6. The zero-order valence-electron chi connectivity index (χ0n) is 15.9. The van der Waals surface area contributed by atoms with Gasteiger partial charge in [-0.2, -0.15) is 5.26 Å². The van der Waals surface area contributed by atoms with Crippen LogP contribution in [-0.4, -0.2) is 10.8 Å². The van der Waals surface area contributed by atoms with Gasteiger partial charge in [-0.25, -0.2) is 0 Å². The summed E-state index contributed by atoms with van der Waals surface area (Å²) in [4.78, 5) is 23.0. The molecule has 0 fully saturated rings. The second kappa shape index (κ2) is 9.66. The molecule has 1 amide bonds.